The van der Waals surface area contributed by atoms with E-state index >= 15 is 0 Å². The molecule has 3 saturated heterocycles. The van der Waals surface area contributed by atoms with E-state index in [4.69, 9.17) is 9.98 Å². The Morgan fingerprint density at radius 2 is 1.04 bits per heavy atom. The normalized spacial score (nSPS) is 40.7. The van der Waals surface area contributed by atoms with Crippen LogP contribution in [0, 0.1) is 11.8 Å². The van der Waals surface area contributed by atoms with E-state index in [1.165, 1.54) is 51.4 Å². The number of hydrogen-bond acceptors (Lipinski definition) is 4. The highest BCUT2D eigenvalue weighted by atomic mass is 15.4. The second-order valence-corrected chi connectivity index (χ2v) is 7.71. The second-order valence-electron chi connectivity index (χ2n) is 7.71. The van der Waals surface area contributed by atoms with Gasteiger partial charge in [-0.1, -0.05) is 12.8 Å². The van der Waals surface area contributed by atoms with Gasteiger partial charge in [-0.05, 0) is 64.5 Å². The Hall–Kier alpha value is -1.14. The molecular weight excluding hydrogens is 300 g/mol. The maximum atomic E-state index is 5.02. The number of amidine groups is 2. The fourth-order valence-electron chi connectivity index (χ4n) is 4.58. The molecule has 1 aliphatic carbocycles. The molecule has 4 fully saturated rings. The van der Waals surface area contributed by atoms with E-state index in [9.17, 15) is 0 Å². The summed E-state index contributed by atoms with van der Waals surface area (Å²) in [6.07, 6.45) is 13.2. The van der Waals surface area contributed by atoms with Crippen molar-refractivity contribution in [3.05, 3.63) is 0 Å². The third kappa shape index (κ3) is 3.75. The van der Waals surface area contributed by atoms with E-state index in [1.807, 2.05) is 0 Å². The molecule has 6 heteroatoms. The number of nitrogens with zero attached hydrogens (tertiary/aromatic N) is 2. The molecule has 4 atom stereocenters. The first kappa shape index (κ1) is 16.3. The maximum Gasteiger partial charge on any atom is 0.121 e. The topological polar surface area (TPSA) is 72.8 Å². The molecule has 0 aromatic rings. The minimum absolute atomic E-state index is 0.295. The molecule has 0 radical (unpaired) electrons. The van der Waals surface area contributed by atoms with Crippen LogP contribution >= 0.6 is 0 Å². The van der Waals surface area contributed by atoms with Crippen LogP contribution in [0.2, 0.25) is 0 Å². The minimum atomic E-state index is 0.295. The summed E-state index contributed by atoms with van der Waals surface area (Å²) in [4.78, 5) is 10.0. The Bertz CT molecular complexity index is 432. The summed E-state index contributed by atoms with van der Waals surface area (Å²) in [6.45, 7) is 2.20. The third-order valence-corrected chi connectivity index (χ3v) is 5.95. The number of hydrazine groups is 1. The van der Waals surface area contributed by atoms with Crippen LogP contribution in [0.1, 0.15) is 64.2 Å². The lowest BCUT2D eigenvalue weighted by Gasteiger charge is -2.40. The zero-order valence-corrected chi connectivity index (χ0v) is 14.7. The molecule has 0 aromatic heterocycles. The van der Waals surface area contributed by atoms with Crippen molar-refractivity contribution in [2.75, 3.05) is 13.1 Å². The van der Waals surface area contributed by atoms with Gasteiger partial charge >= 0.3 is 0 Å². The first-order valence-electron chi connectivity index (χ1n) is 10.0. The minimum Gasteiger partial charge on any atom is -0.296 e. The van der Waals surface area contributed by atoms with Crippen molar-refractivity contribution in [1.29, 1.82) is 0 Å². The average molecular weight is 332 g/mol. The van der Waals surface area contributed by atoms with Crippen LogP contribution in [-0.2, 0) is 0 Å². The van der Waals surface area contributed by atoms with Crippen LogP contribution in [0.3, 0.4) is 0 Å². The predicted molar refractivity (Wildman–Crippen MR) is 97.9 cm³/mol. The van der Waals surface area contributed by atoms with Crippen LogP contribution < -0.4 is 21.5 Å². The van der Waals surface area contributed by atoms with Gasteiger partial charge < -0.3 is 0 Å². The number of rotatable bonds is 2. The molecule has 0 spiro atoms. The molecule has 4 rings (SSSR count). The van der Waals surface area contributed by atoms with Crippen LogP contribution in [-0.4, -0.2) is 37.1 Å². The van der Waals surface area contributed by atoms with Gasteiger partial charge in [0.05, 0.1) is 0 Å². The van der Waals surface area contributed by atoms with Crippen molar-refractivity contribution in [2.24, 2.45) is 21.8 Å². The maximum absolute atomic E-state index is 5.02. The molecule has 0 bridgehead atoms. The van der Waals surface area contributed by atoms with Gasteiger partial charge in [-0.15, -0.1) is 0 Å². The third-order valence-electron chi connectivity index (χ3n) is 5.95. The average Bonchev–Trinajstić information content (AvgIpc) is 2.65. The summed E-state index contributed by atoms with van der Waals surface area (Å²) < 4.78 is 0. The lowest BCUT2D eigenvalue weighted by atomic mass is 9.76. The summed E-state index contributed by atoms with van der Waals surface area (Å²) in [5.74, 6) is 3.36. The summed E-state index contributed by atoms with van der Waals surface area (Å²) in [5, 5.41) is 7.09. The van der Waals surface area contributed by atoms with Gasteiger partial charge in [-0.25, -0.2) is 0 Å². The van der Waals surface area contributed by atoms with Crippen molar-refractivity contribution in [3.8, 4) is 0 Å². The van der Waals surface area contributed by atoms with E-state index in [0.717, 1.165) is 37.6 Å². The monoisotopic (exact) mass is 332 g/mol. The zero-order valence-electron chi connectivity index (χ0n) is 14.7. The first-order valence-corrected chi connectivity index (χ1v) is 10.0. The van der Waals surface area contributed by atoms with E-state index in [0.29, 0.717) is 24.2 Å². The molecule has 4 aliphatic rings. The summed E-state index contributed by atoms with van der Waals surface area (Å²) in [6, 6.07) is 0. The molecule has 4 unspecified atom stereocenters. The Kier molecular flexibility index (Phi) is 5.33. The van der Waals surface area contributed by atoms with Crippen molar-refractivity contribution in [1.82, 2.24) is 21.5 Å². The van der Waals surface area contributed by atoms with E-state index in [-0.39, 0.29) is 0 Å². The van der Waals surface area contributed by atoms with Gasteiger partial charge in [0.2, 0.25) is 0 Å². The highest BCUT2D eigenvalue weighted by molar-refractivity contribution is 5.98. The van der Waals surface area contributed by atoms with Gasteiger partial charge in [0.25, 0.3) is 0 Å². The van der Waals surface area contributed by atoms with Crippen molar-refractivity contribution in [3.63, 3.8) is 0 Å². The summed E-state index contributed by atoms with van der Waals surface area (Å²) >= 11 is 0. The molecule has 1 saturated carbocycles. The van der Waals surface area contributed by atoms with Crippen molar-refractivity contribution < 1.29 is 0 Å². The van der Waals surface area contributed by atoms with Crippen LogP contribution in [0.25, 0.3) is 0 Å². The Morgan fingerprint density at radius 3 is 1.46 bits per heavy atom. The van der Waals surface area contributed by atoms with Gasteiger partial charge in [0, 0.05) is 11.8 Å². The van der Waals surface area contributed by atoms with Crippen LogP contribution in [0.15, 0.2) is 9.98 Å². The fraction of sp³-hybridized carbons (Fsp3) is 0.889. The smallest absolute Gasteiger partial charge is 0.121 e. The molecule has 6 nitrogen and oxygen atoms in total. The highest BCUT2D eigenvalue weighted by Gasteiger charge is 2.37. The predicted octanol–water partition coefficient (Wildman–Crippen LogP) is 1.90. The number of fused-ring (bicyclic) bond motifs is 1. The summed E-state index contributed by atoms with van der Waals surface area (Å²) in [5.41, 5.74) is 6.81. The van der Waals surface area contributed by atoms with Crippen LogP contribution in [0.5, 0.6) is 0 Å². The first-order chi connectivity index (χ1) is 11.9. The van der Waals surface area contributed by atoms with E-state index in [2.05, 4.69) is 21.5 Å². The second kappa shape index (κ2) is 7.83. The Balaban J connectivity index is 1.48. The van der Waals surface area contributed by atoms with Gasteiger partial charge in [0.1, 0.15) is 24.0 Å². The standard InChI is InChI=1S/C18H32N6/c1-2-8-14-13(7-1)17(21-15-9-3-5-11-19-15)23-24-18(14)22-16-10-4-6-12-20-16/h13-16,19-20H,1-12H2,(H,21,23)(H,22,24). The van der Waals surface area contributed by atoms with Gasteiger partial charge in [0.15, 0.2) is 0 Å². The lowest BCUT2D eigenvalue weighted by molar-refractivity contribution is 0.333. The largest absolute Gasteiger partial charge is 0.296 e. The number of aliphatic imine (C=N–C) groups is 2. The molecule has 3 heterocycles. The molecule has 0 amide bonds. The number of nitrogens with one attached hydrogen (secondary N) is 4. The molecule has 24 heavy (non-hydrogen) atoms. The van der Waals surface area contributed by atoms with Crippen molar-refractivity contribution >= 4 is 11.7 Å². The quantitative estimate of drug-likeness (QED) is 0.623. The molecule has 134 valence electrons. The van der Waals surface area contributed by atoms with Crippen LogP contribution in [0.4, 0.5) is 0 Å². The zero-order chi connectivity index (χ0) is 16.2. The van der Waals surface area contributed by atoms with E-state index in [1.54, 1.807) is 0 Å². The highest BCUT2D eigenvalue weighted by Crippen LogP contribution is 2.33. The Labute approximate surface area is 145 Å². The summed E-state index contributed by atoms with van der Waals surface area (Å²) in [7, 11) is 0. The molecule has 4 N–H and O–H groups in total. The number of piperidine rings is 2. The fourth-order valence-corrected chi connectivity index (χ4v) is 4.58. The van der Waals surface area contributed by atoms with Gasteiger partial charge in [-0.3, -0.25) is 31.5 Å². The SMILES string of the molecule is C1CCC(/N=C2\NN/C(=N/C3CCCCN3)C3CCCCC23)NC1. The molecule has 0 aromatic carbocycles. The number of hydrogen-bond donors (Lipinski definition) is 4. The van der Waals surface area contributed by atoms with E-state index < -0.39 is 0 Å². The molecule has 3 aliphatic heterocycles. The van der Waals surface area contributed by atoms with Gasteiger partial charge in [-0.2, -0.15) is 0 Å². The Morgan fingerprint density at radius 1 is 0.583 bits per heavy atom. The molecular formula is C18H32N6. The van der Waals surface area contributed by atoms with Crippen molar-refractivity contribution in [2.45, 2.75) is 76.5 Å². The lowest BCUT2D eigenvalue weighted by Crippen LogP contribution is -2.58.